The zero-order chi connectivity index (χ0) is 15.4. The summed E-state index contributed by atoms with van der Waals surface area (Å²) >= 11 is 0. The summed E-state index contributed by atoms with van der Waals surface area (Å²) < 4.78 is 19.1. The zero-order valence-corrected chi connectivity index (χ0v) is 12.4. The Morgan fingerprint density at radius 2 is 2.00 bits per heavy atom. The second kappa shape index (κ2) is 6.65. The van der Waals surface area contributed by atoms with E-state index < -0.39 is 0 Å². The molecule has 3 N–H and O–H groups in total. The molecule has 0 saturated carbocycles. The molecule has 0 aliphatic heterocycles. The van der Waals surface area contributed by atoms with Gasteiger partial charge in [-0.1, -0.05) is 6.07 Å². The summed E-state index contributed by atoms with van der Waals surface area (Å²) in [5, 5.41) is 0. The number of halogens is 1. The molecule has 0 aliphatic rings. The Morgan fingerprint density at radius 3 is 2.67 bits per heavy atom. The number of benzene rings is 1. The fraction of sp³-hybridized carbons (Fsp3) is 0.312. The van der Waals surface area contributed by atoms with Crippen LogP contribution in [0, 0.1) is 12.7 Å². The van der Waals surface area contributed by atoms with Gasteiger partial charge in [0.05, 0.1) is 18.3 Å². The molecule has 5 heteroatoms. The largest absolute Gasteiger partial charge is 0.489 e. The van der Waals surface area contributed by atoms with Crippen molar-refractivity contribution in [1.29, 1.82) is 0 Å². The Morgan fingerprint density at radius 1 is 1.24 bits per heavy atom. The number of rotatable bonds is 5. The Balaban J connectivity index is 2.39. The SMILES string of the molecule is Cc1ccc(F)cc1C(NN)c1cncc(OC(C)C)c1. The molecule has 4 nitrogen and oxygen atoms in total. The van der Waals surface area contributed by atoms with E-state index in [1.54, 1.807) is 18.5 Å². The molecule has 2 aromatic rings. The van der Waals surface area contributed by atoms with Crippen LogP contribution in [0.5, 0.6) is 5.75 Å². The van der Waals surface area contributed by atoms with Crippen LogP contribution in [0.3, 0.4) is 0 Å². The van der Waals surface area contributed by atoms with E-state index in [4.69, 9.17) is 10.6 Å². The van der Waals surface area contributed by atoms with Gasteiger partial charge in [-0.25, -0.2) is 9.82 Å². The third kappa shape index (κ3) is 3.77. The first kappa shape index (κ1) is 15.4. The molecule has 21 heavy (non-hydrogen) atoms. The lowest BCUT2D eigenvalue weighted by Gasteiger charge is -2.20. The Hall–Kier alpha value is -1.98. The van der Waals surface area contributed by atoms with Gasteiger partial charge in [-0.2, -0.15) is 0 Å². The molecule has 0 aliphatic carbocycles. The molecule has 1 aromatic heterocycles. The summed E-state index contributed by atoms with van der Waals surface area (Å²) in [5.74, 6) is 6.04. The fourth-order valence-corrected chi connectivity index (χ4v) is 2.22. The lowest BCUT2D eigenvalue weighted by molar-refractivity contribution is 0.241. The molecule has 1 aromatic carbocycles. The fourth-order valence-electron chi connectivity index (χ4n) is 2.22. The Labute approximate surface area is 124 Å². The van der Waals surface area contributed by atoms with E-state index in [1.165, 1.54) is 12.1 Å². The summed E-state index contributed by atoms with van der Waals surface area (Å²) in [7, 11) is 0. The summed E-state index contributed by atoms with van der Waals surface area (Å²) in [5.41, 5.74) is 5.28. The second-order valence-electron chi connectivity index (χ2n) is 5.22. The molecule has 0 fully saturated rings. The first-order chi connectivity index (χ1) is 10.0. The van der Waals surface area contributed by atoms with Crippen LogP contribution in [-0.4, -0.2) is 11.1 Å². The van der Waals surface area contributed by atoms with Gasteiger partial charge in [-0.3, -0.25) is 10.8 Å². The predicted molar refractivity (Wildman–Crippen MR) is 80.3 cm³/mol. The molecule has 0 saturated heterocycles. The van der Waals surface area contributed by atoms with Crippen LogP contribution in [-0.2, 0) is 0 Å². The molecule has 112 valence electrons. The summed E-state index contributed by atoms with van der Waals surface area (Å²) in [4.78, 5) is 4.17. The van der Waals surface area contributed by atoms with Gasteiger partial charge in [0.15, 0.2) is 0 Å². The highest BCUT2D eigenvalue weighted by atomic mass is 19.1. The molecule has 2 rings (SSSR count). The summed E-state index contributed by atoms with van der Waals surface area (Å²) in [6.07, 6.45) is 3.40. The van der Waals surface area contributed by atoms with E-state index >= 15 is 0 Å². The Bertz CT molecular complexity index is 616. The first-order valence-electron chi connectivity index (χ1n) is 6.85. The van der Waals surface area contributed by atoms with E-state index in [1.807, 2.05) is 26.8 Å². The van der Waals surface area contributed by atoms with Gasteiger partial charge in [0, 0.05) is 6.20 Å². The van der Waals surface area contributed by atoms with Gasteiger partial charge in [-0.05, 0) is 55.7 Å². The minimum absolute atomic E-state index is 0.0576. The molecule has 0 bridgehead atoms. The third-order valence-electron chi connectivity index (χ3n) is 3.16. The van der Waals surface area contributed by atoms with Crippen molar-refractivity contribution >= 4 is 0 Å². The number of aryl methyl sites for hydroxylation is 1. The first-order valence-corrected chi connectivity index (χ1v) is 6.85. The maximum atomic E-state index is 13.5. The maximum Gasteiger partial charge on any atom is 0.138 e. The maximum absolute atomic E-state index is 13.5. The van der Waals surface area contributed by atoms with Crippen molar-refractivity contribution in [3.05, 3.63) is 59.2 Å². The molecular formula is C16H20FN3O. The van der Waals surface area contributed by atoms with Gasteiger partial charge >= 0.3 is 0 Å². The number of aromatic nitrogens is 1. The van der Waals surface area contributed by atoms with Crippen molar-refractivity contribution in [2.45, 2.75) is 32.9 Å². The number of hydrogen-bond acceptors (Lipinski definition) is 4. The molecule has 0 amide bonds. The molecule has 0 radical (unpaired) electrons. The highest BCUT2D eigenvalue weighted by Gasteiger charge is 2.17. The van der Waals surface area contributed by atoms with Crippen LogP contribution in [0.4, 0.5) is 4.39 Å². The number of nitrogens with one attached hydrogen (secondary N) is 1. The number of hydrogen-bond donors (Lipinski definition) is 2. The van der Waals surface area contributed by atoms with Crippen molar-refractivity contribution in [2.75, 3.05) is 0 Å². The number of pyridine rings is 1. The lowest BCUT2D eigenvalue weighted by atomic mass is 9.96. The smallest absolute Gasteiger partial charge is 0.138 e. The minimum Gasteiger partial charge on any atom is -0.489 e. The van der Waals surface area contributed by atoms with Crippen LogP contribution in [0.2, 0.25) is 0 Å². The van der Waals surface area contributed by atoms with Crippen molar-refractivity contribution in [3.63, 3.8) is 0 Å². The second-order valence-corrected chi connectivity index (χ2v) is 5.22. The van der Waals surface area contributed by atoms with E-state index in [-0.39, 0.29) is 18.0 Å². The normalized spacial score (nSPS) is 12.5. The third-order valence-corrected chi connectivity index (χ3v) is 3.16. The molecular weight excluding hydrogens is 269 g/mol. The molecule has 0 spiro atoms. The quantitative estimate of drug-likeness (QED) is 0.656. The van der Waals surface area contributed by atoms with E-state index in [9.17, 15) is 4.39 Å². The highest BCUT2D eigenvalue weighted by Crippen LogP contribution is 2.27. The van der Waals surface area contributed by atoms with Crippen molar-refractivity contribution in [3.8, 4) is 5.75 Å². The topological polar surface area (TPSA) is 60.2 Å². The van der Waals surface area contributed by atoms with Gasteiger partial charge in [-0.15, -0.1) is 0 Å². The van der Waals surface area contributed by atoms with Crippen LogP contribution in [0.25, 0.3) is 0 Å². The van der Waals surface area contributed by atoms with Gasteiger partial charge in [0.1, 0.15) is 11.6 Å². The van der Waals surface area contributed by atoms with Crippen LogP contribution >= 0.6 is 0 Å². The number of ether oxygens (including phenoxy) is 1. The average Bonchev–Trinajstić information content (AvgIpc) is 2.43. The standard InChI is InChI=1S/C16H20FN3O/c1-10(2)21-14-6-12(8-19-9-14)16(20-18)15-7-13(17)5-4-11(15)3/h4-10,16,20H,18H2,1-3H3. The predicted octanol–water partition coefficient (Wildman–Crippen LogP) is 2.87. The van der Waals surface area contributed by atoms with E-state index in [0.29, 0.717) is 5.75 Å². The highest BCUT2D eigenvalue weighted by molar-refractivity contribution is 5.38. The van der Waals surface area contributed by atoms with Crippen molar-refractivity contribution < 1.29 is 9.13 Å². The number of nitrogens with two attached hydrogens (primary N) is 1. The average molecular weight is 289 g/mol. The Kier molecular flexibility index (Phi) is 4.88. The molecule has 1 heterocycles. The number of hydrazine groups is 1. The molecule has 1 unspecified atom stereocenters. The van der Waals surface area contributed by atoms with Crippen LogP contribution in [0.15, 0.2) is 36.7 Å². The van der Waals surface area contributed by atoms with Gasteiger partial charge in [0.2, 0.25) is 0 Å². The molecule has 1 atom stereocenters. The number of nitrogens with zero attached hydrogens (tertiary/aromatic N) is 1. The van der Waals surface area contributed by atoms with Crippen LogP contribution in [0.1, 0.15) is 36.6 Å². The summed E-state index contributed by atoms with van der Waals surface area (Å²) in [6.45, 7) is 5.81. The summed E-state index contributed by atoms with van der Waals surface area (Å²) in [6, 6.07) is 6.17. The van der Waals surface area contributed by atoms with Crippen molar-refractivity contribution in [1.82, 2.24) is 10.4 Å². The van der Waals surface area contributed by atoms with Gasteiger partial charge < -0.3 is 4.74 Å². The van der Waals surface area contributed by atoms with E-state index in [2.05, 4.69) is 10.4 Å². The van der Waals surface area contributed by atoms with E-state index in [0.717, 1.165) is 16.7 Å². The monoisotopic (exact) mass is 289 g/mol. The van der Waals surface area contributed by atoms with Gasteiger partial charge in [0.25, 0.3) is 0 Å². The minimum atomic E-state index is -0.344. The lowest BCUT2D eigenvalue weighted by Crippen LogP contribution is -2.29. The van der Waals surface area contributed by atoms with Crippen molar-refractivity contribution in [2.24, 2.45) is 5.84 Å². The van der Waals surface area contributed by atoms with Crippen LogP contribution < -0.4 is 16.0 Å². The zero-order valence-electron chi connectivity index (χ0n) is 12.4.